The van der Waals surface area contributed by atoms with Crippen LogP contribution in [0.25, 0.3) is 22.4 Å². The van der Waals surface area contributed by atoms with Crippen LogP contribution in [0.15, 0.2) is 68.3 Å². The highest BCUT2D eigenvalue weighted by atomic mass is 16.5. The molecule has 1 fully saturated rings. The molecule has 7 nitrogen and oxygen atoms in total. The van der Waals surface area contributed by atoms with E-state index >= 15 is 0 Å². The Balaban J connectivity index is 1.31. The van der Waals surface area contributed by atoms with Crippen molar-refractivity contribution in [3.63, 3.8) is 0 Å². The summed E-state index contributed by atoms with van der Waals surface area (Å²) >= 11 is 0. The molecule has 0 spiro atoms. The number of aryl methyl sites for hydroxylation is 1. The number of carbonyl (C=O) groups excluding carboxylic acids is 1. The van der Waals surface area contributed by atoms with Crippen LogP contribution in [0.3, 0.4) is 0 Å². The number of amides is 1. The van der Waals surface area contributed by atoms with Gasteiger partial charge >= 0.3 is 5.63 Å². The molecule has 1 amide bonds. The van der Waals surface area contributed by atoms with E-state index < -0.39 is 5.63 Å². The number of carbonyl (C=O) groups is 1. The molecule has 1 atom stereocenters. The molecule has 2 aromatic heterocycles. The molecular formula is C25H23N3O4. The molecule has 162 valence electrons. The molecule has 7 heteroatoms. The Morgan fingerprint density at radius 1 is 1.16 bits per heavy atom. The zero-order chi connectivity index (χ0) is 22.1. The highest BCUT2D eigenvalue weighted by Crippen LogP contribution is 2.24. The Morgan fingerprint density at radius 3 is 2.84 bits per heavy atom. The van der Waals surface area contributed by atoms with Crippen LogP contribution in [0.2, 0.25) is 0 Å². The maximum absolute atomic E-state index is 13.1. The number of rotatable bonds is 4. The third-order valence-electron chi connectivity index (χ3n) is 6.00. The lowest BCUT2D eigenvalue weighted by atomic mass is 9.94. The van der Waals surface area contributed by atoms with Gasteiger partial charge in [-0.25, -0.2) is 4.79 Å². The van der Waals surface area contributed by atoms with E-state index in [4.69, 9.17) is 8.94 Å². The summed E-state index contributed by atoms with van der Waals surface area (Å²) in [6.45, 7) is 3.16. The van der Waals surface area contributed by atoms with Crippen LogP contribution >= 0.6 is 0 Å². The lowest BCUT2D eigenvalue weighted by molar-refractivity contribution is 0.0664. The molecule has 1 aliphatic heterocycles. The summed E-state index contributed by atoms with van der Waals surface area (Å²) in [5.41, 5.74) is 1.99. The van der Waals surface area contributed by atoms with E-state index in [0.29, 0.717) is 36.8 Å². The van der Waals surface area contributed by atoms with Gasteiger partial charge in [0.05, 0.1) is 0 Å². The van der Waals surface area contributed by atoms with Gasteiger partial charge in [-0.2, -0.15) is 4.98 Å². The van der Waals surface area contributed by atoms with E-state index in [0.717, 1.165) is 29.4 Å². The van der Waals surface area contributed by atoms with Crippen molar-refractivity contribution in [2.24, 2.45) is 5.92 Å². The number of likely N-dealkylation sites (tertiary alicyclic amines) is 1. The van der Waals surface area contributed by atoms with Gasteiger partial charge in [0, 0.05) is 30.5 Å². The maximum Gasteiger partial charge on any atom is 0.349 e. The fourth-order valence-corrected chi connectivity index (χ4v) is 4.32. The van der Waals surface area contributed by atoms with Gasteiger partial charge in [-0.1, -0.05) is 47.6 Å². The predicted octanol–water partition coefficient (Wildman–Crippen LogP) is 4.25. The summed E-state index contributed by atoms with van der Waals surface area (Å²) < 4.78 is 10.8. The first-order chi connectivity index (χ1) is 15.6. The van der Waals surface area contributed by atoms with E-state index in [1.807, 2.05) is 43.3 Å². The largest absolute Gasteiger partial charge is 0.422 e. The summed E-state index contributed by atoms with van der Waals surface area (Å²) in [6, 6.07) is 16.7. The number of hydrogen-bond acceptors (Lipinski definition) is 6. The van der Waals surface area contributed by atoms with Crippen molar-refractivity contribution in [3.05, 3.63) is 82.0 Å². The lowest BCUT2D eigenvalue weighted by Gasteiger charge is -2.32. The second-order valence-electron chi connectivity index (χ2n) is 8.28. The SMILES string of the molecule is Cc1ccccc1-c1noc(C[C@H]2CCCN(C(=O)c3cc4ccccc4oc3=O)C2)n1. The number of benzene rings is 2. The van der Waals surface area contributed by atoms with Crippen molar-refractivity contribution >= 4 is 16.9 Å². The molecule has 1 aliphatic rings. The molecule has 2 aromatic carbocycles. The van der Waals surface area contributed by atoms with Gasteiger partial charge in [0.15, 0.2) is 0 Å². The molecule has 4 aromatic rings. The van der Waals surface area contributed by atoms with Crippen molar-refractivity contribution in [2.45, 2.75) is 26.2 Å². The quantitative estimate of drug-likeness (QED) is 0.451. The predicted molar refractivity (Wildman–Crippen MR) is 119 cm³/mol. The molecule has 0 N–H and O–H groups in total. The average Bonchev–Trinajstić information content (AvgIpc) is 3.27. The van der Waals surface area contributed by atoms with Crippen LogP contribution in [0.4, 0.5) is 0 Å². The number of para-hydroxylation sites is 1. The smallest absolute Gasteiger partial charge is 0.349 e. The molecule has 0 aliphatic carbocycles. The molecule has 1 saturated heterocycles. The normalized spacial score (nSPS) is 16.4. The van der Waals surface area contributed by atoms with Gasteiger partial charge in [0.2, 0.25) is 11.7 Å². The van der Waals surface area contributed by atoms with E-state index in [9.17, 15) is 9.59 Å². The Kier molecular flexibility index (Phi) is 5.31. The number of aromatic nitrogens is 2. The summed E-state index contributed by atoms with van der Waals surface area (Å²) in [4.78, 5) is 31.8. The van der Waals surface area contributed by atoms with Crippen molar-refractivity contribution in [2.75, 3.05) is 13.1 Å². The minimum Gasteiger partial charge on any atom is -0.422 e. The molecule has 32 heavy (non-hydrogen) atoms. The fourth-order valence-electron chi connectivity index (χ4n) is 4.32. The highest BCUT2D eigenvalue weighted by Gasteiger charge is 2.28. The number of fused-ring (bicyclic) bond motifs is 1. The summed E-state index contributed by atoms with van der Waals surface area (Å²) in [5, 5.41) is 4.87. The molecular weight excluding hydrogens is 406 g/mol. The Morgan fingerprint density at radius 2 is 1.97 bits per heavy atom. The average molecular weight is 429 g/mol. The molecule has 0 saturated carbocycles. The van der Waals surface area contributed by atoms with E-state index in [1.165, 1.54) is 0 Å². The molecule has 0 bridgehead atoms. The van der Waals surface area contributed by atoms with Crippen LogP contribution < -0.4 is 5.63 Å². The first kappa shape index (κ1) is 20.2. The van der Waals surface area contributed by atoms with Gasteiger partial charge in [0.25, 0.3) is 5.91 Å². The summed E-state index contributed by atoms with van der Waals surface area (Å²) in [5.74, 6) is 1.04. The van der Waals surface area contributed by atoms with Gasteiger partial charge < -0.3 is 13.8 Å². The number of piperidine rings is 1. The topological polar surface area (TPSA) is 89.4 Å². The lowest BCUT2D eigenvalue weighted by Crippen LogP contribution is -2.42. The minimum absolute atomic E-state index is 0.0731. The van der Waals surface area contributed by atoms with Crippen LogP contribution in [-0.2, 0) is 6.42 Å². The highest BCUT2D eigenvalue weighted by molar-refractivity contribution is 5.96. The Hall–Kier alpha value is -3.74. The Bertz CT molecular complexity index is 1340. The van der Waals surface area contributed by atoms with E-state index in [1.54, 1.807) is 23.1 Å². The van der Waals surface area contributed by atoms with Gasteiger partial charge in [0.1, 0.15) is 11.1 Å². The third-order valence-corrected chi connectivity index (χ3v) is 6.00. The van der Waals surface area contributed by atoms with Crippen molar-refractivity contribution in [1.29, 1.82) is 0 Å². The van der Waals surface area contributed by atoms with Crippen LogP contribution in [0.5, 0.6) is 0 Å². The van der Waals surface area contributed by atoms with Crippen molar-refractivity contribution in [1.82, 2.24) is 15.0 Å². The monoisotopic (exact) mass is 429 g/mol. The first-order valence-electron chi connectivity index (χ1n) is 10.8. The van der Waals surface area contributed by atoms with Crippen molar-refractivity contribution in [3.8, 4) is 11.4 Å². The first-order valence-corrected chi connectivity index (χ1v) is 10.8. The zero-order valence-corrected chi connectivity index (χ0v) is 17.8. The summed E-state index contributed by atoms with van der Waals surface area (Å²) in [7, 11) is 0. The minimum atomic E-state index is -0.601. The number of hydrogen-bond donors (Lipinski definition) is 0. The molecule has 0 radical (unpaired) electrons. The van der Waals surface area contributed by atoms with Gasteiger partial charge in [-0.15, -0.1) is 0 Å². The van der Waals surface area contributed by atoms with Gasteiger partial charge in [-0.05, 0) is 43.4 Å². The van der Waals surface area contributed by atoms with Crippen LogP contribution in [0, 0.1) is 12.8 Å². The van der Waals surface area contributed by atoms with E-state index in [2.05, 4.69) is 10.1 Å². The van der Waals surface area contributed by atoms with Crippen molar-refractivity contribution < 1.29 is 13.7 Å². The van der Waals surface area contributed by atoms with Crippen LogP contribution in [0.1, 0.15) is 34.7 Å². The second-order valence-corrected chi connectivity index (χ2v) is 8.28. The zero-order valence-electron chi connectivity index (χ0n) is 17.8. The second kappa shape index (κ2) is 8.42. The number of nitrogens with zero attached hydrogens (tertiary/aromatic N) is 3. The maximum atomic E-state index is 13.1. The van der Waals surface area contributed by atoms with Crippen LogP contribution in [-0.4, -0.2) is 34.0 Å². The van der Waals surface area contributed by atoms with E-state index in [-0.39, 0.29) is 17.4 Å². The van der Waals surface area contributed by atoms with Gasteiger partial charge in [-0.3, -0.25) is 4.79 Å². The Labute approximate surface area is 184 Å². The fraction of sp³-hybridized carbons (Fsp3) is 0.280. The third kappa shape index (κ3) is 3.93. The summed E-state index contributed by atoms with van der Waals surface area (Å²) in [6.07, 6.45) is 2.40. The standard InChI is InChI=1S/C25H23N3O4/c1-16-7-2-4-10-19(16)23-26-22(32-27-23)13-17-8-6-12-28(15-17)24(29)20-14-18-9-3-5-11-21(18)31-25(20)30/h2-5,7,9-11,14,17H,6,8,12-13,15H2,1H3/t17-/m1/s1. The molecule has 0 unspecified atom stereocenters. The molecule has 5 rings (SSSR count). The molecule has 3 heterocycles.